The molecule has 0 atom stereocenters. The zero-order valence-electron chi connectivity index (χ0n) is 14.6. The van der Waals surface area contributed by atoms with E-state index in [1.165, 1.54) is 0 Å². The maximum atomic E-state index is 12.7. The van der Waals surface area contributed by atoms with Gasteiger partial charge in [0.05, 0.1) is 12.1 Å². The third-order valence-corrected chi connectivity index (χ3v) is 5.55. The summed E-state index contributed by atoms with van der Waals surface area (Å²) in [6.07, 6.45) is -4.97. The van der Waals surface area contributed by atoms with Crippen LogP contribution in [0.4, 0.5) is 28.7 Å². The van der Waals surface area contributed by atoms with Gasteiger partial charge in [-0.25, -0.2) is 4.79 Å². The van der Waals surface area contributed by atoms with Crippen LogP contribution in [0.25, 0.3) is 0 Å². The van der Waals surface area contributed by atoms with E-state index in [-0.39, 0.29) is 30.1 Å². The SMILES string of the molecule is NC(=O)c1c(NC(=O)Nc2ccc(Cl)cc2)sc2c1CCN(C(=O)C(F)(F)F)C2. The van der Waals surface area contributed by atoms with E-state index in [4.69, 9.17) is 17.3 Å². The summed E-state index contributed by atoms with van der Waals surface area (Å²) in [4.78, 5) is 36.6. The third-order valence-electron chi connectivity index (χ3n) is 4.16. The van der Waals surface area contributed by atoms with E-state index in [9.17, 15) is 27.6 Å². The van der Waals surface area contributed by atoms with Crippen molar-refractivity contribution >= 4 is 51.5 Å². The highest BCUT2D eigenvalue weighted by Crippen LogP contribution is 2.38. The number of amides is 4. The number of benzene rings is 1. The van der Waals surface area contributed by atoms with Crippen LogP contribution < -0.4 is 16.4 Å². The lowest BCUT2D eigenvalue weighted by Crippen LogP contribution is -2.43. The fraction of sp³-hybridized carbons (Fsp3) is 0.235. The Morgan fingerprint density at radius 3 is 2.38 bits per heavy atom. The second-order valence-corrected chi connectivity index (χ2v) is 7.67. The Kier molecular flexibility index (Phi) is 5.71. The monoisotopic (exact) mass is 446 g/mol. The summed E-state index contributed by atoms with van der Waals surface area (Å²) in [6.45, 7) is -0.530. The number of nitrogens with two attached hydrogens (primary N) is 1. The molecule has 4 N–H and O–H groups in total. The summed E-state index contributed by atoms with van der Waals surface area (Å²) < 4.78 is 38.1. The van der Waals surface area contributed by atoms with Crippen molar-refractivity contribution in [1.29, 1.82) is 0 Å². The maximum absolute atomic E-state index is 12.7. The number of carbonyl (C=O) groups excluding carboxylic acids is 3. The van der Waals surface area contributed by atoms with Gasteiger partial charge in [0.25, 0.3) is 5.91 Å². The summed E-state index contributed by atoms with van der Waals surface area (Å²) in [5, 5.41) is 5.63. The van der Waals surface area contributed by atoms with Gasteiger partial charge in [-0.15, -0.1) is 11.3 Å². The lowest BCUT2D eigenvalue weighted by molar-refractivity contribution is -0.186. The molecule has 0 bridgehead atoms. The summed E-state index contributed by atoms with van der Waals surface area (Å²) in [5.41, 5.74) is 6.33. The molecule has 3 rings (SSSR count). The summed E-state index contributed by atoms with van der Waals surface area (Å²) in [7, 11) is 0. The smallest absolute Gasteiger partial charge is 0.365 e. The van der Waals surface area contributed by atoms with Gasteiger partial charge < -0.3 is 16.0 Å². The van der Waals surface area contributed by atoms with E-state index in [2.05, 4.69) is 10.6 Å². The average molecular weight is 447 g/mol. The first-order valence-corrected chi connectivity index (χ1v) is 9.39. The van der Waals surface area contributed by atoms with Crippen molar-refractivity contribution in [2.45, 2.75) is 19.1 Å². The molecule has 7 nitrogen and oxygen atoms in total. The Balaban J connectivity index is 1.81. The quantitative estimate of drug-likeness (QED) is 0.671. The highest BCUT2D eigenvalue weighted by atomic mass is 35.5. The topological polar surface area (TPSA) is 105 Å². The minimum absolute atomic E-state index is 0.0202. The van der Waals surface area contributed by atoms with E-state index >= 15 is 0 Å². The molecule has 1 aliphatic heterocycles. The van der Waals surface area contributed by atoms with Gasteiger partial charge in [0.15, 0.2) is 0 Å². The van der Waals surface area contributed by atoms with Crippen molar-refractivity contribution in [3.05, 3.63) is 45.3 Å². The van der Waals surface area contributed by atoms with Crippen molar-refractivity contribution in [3.8, 4) is 0 Å². The summed E-state index contributed by atoms with van der Waals surface area (Å²) in [6, 6.07) is 5.61. The predicted molar refractivity (Wildman–Crippen MR) is 102 cm³/mol. The Morgan fingerprint density at radius 2 is 1.79 bits per heavy atom. The van der Waals surface area contributed by atoms with E-state index in [1.54, 1.807) is 24.3 Å². The molecule has 12 heteroatoms. The van der Waals surface area contributed by atoms with Crippen molar-refractivity contribution < 1.29 is 27.6 Å². The molecule has 0 fully saturated rings. The molecule has 1 aromatic carbocycles. The van der Waals surface area contributed by atoms with Crippen LogP contribution in [0.2, 0.25) is 5.02 Å². The number of alkyl halides is 3. The highest BCUT2D eigenvalue weighted by molar-refractivity contribution is 7.17. The number of hydrogen-bond donors (Lipinski definition) is 3. The van der Waals surface area contributed by atoms with Crippen LogP contribution in [0.3, 0.4) is 0 Å². The average Bonchev–Trinajstić information content (AvgIpc) is 2.99. The first kappa shape index (κ1) is 20.9. The zero-order chi connectivity index (χ0) is 21.3. The van der Waals surface area contributed by atoms with Crippen LogP contribution in [-0.4, -0.2) is 35.5 Å². The van der Waals surface area contributed by atoms with E-state index < -0.39 is 24.0 Å². The Morgan fingerprint density at radius 1 is 1.14 bits per heavy atom. The highest BCUT2D eigenvalue weighted by Gasteiger charge is 2.44. The molecule has 1 aliphatic rings. The molecular weight excluding hydrogens is 433 g/mol. The number of thiophene rings is 1. The zero-order valence-corrected chi connectivity index (χ0v) is 16.2. The standard InChI is InChI=1S/C17H14ClF3N4O3S/c18-8-1-3-9(4-2-8)23-16(28)24-14-12(13(22)26)10-5-6-25(7-11(10)29-14)15(27)17(19,20)21/h1-4H,5-7H2,(H2,22,26)(H2,23,24,28). The molecule has 0 aliphatic carbocycles. The largest absolute Gasteiger partial charge is 0.471 e. The number of nitrogens with zero attached hydrogens (tertiary/aromatic N) is 1. The second-order valence-electron chi connectivity index (χ2n) is 6.13. The van der Waals surface area contributed by atoms with Crippen LogP contribution >= 0.6 is 22.9 Å². The lowest BCUT2D eigenvalue weighted by atomic mass is 10.0. The molecule has 2 heterocycles. The minimum Gasteiger partial charge on any atom is -0.365 e. The summed E-state index contributed by atoms with van der Waals surface area (Å²) >= 11 is 6.69. The molecular formula is C17H14ClF3N4O3S. The number of halogens is 4. The predicted octanol–water partition coefficient (Wildman–Crippen LogP) is 3.59. The fourth-order valence-corrected chi connectivity index (χ4v) is 4.29. The fourth-order valence-electron chi connectivity index (χ4n) is 2.90. The van der Waals surface area contributed by atoms with Gasteiger partial charge in [-0.05, 0) is 36.2 Å². The Labute approximate surface area is 171 Å². The van der Waals surface area contributed by atoms with Gasteiger partial charge in [-0.1, -0.05) is 11.6 Å². The number of urea groups is 1. The first-order valence-electron chi connectivity index (χ1n) is 8.20. The molecule has 154 valence electrons. The van der Waals surface area contributed by atoms with Crippen LogP contribution in [0, 0.1) is 0 Å². The van der Waals surface area contributed by atoms with Crippen LogP contribution in [-0.2, 0) is 17.8 Å². The molecule has 0 spiro atoms. The van der Waals surface area contributed by atoms with Crippen molar-refractivity contribution in [2.24, 2.45) is 5.73 Å². The van der Waals surface area contributed by atoms with E-state index in [0.29, 0.717) is 26.1 Å². The van der Waals surface area contributed by atoms with Gasteiger partial charge in [0.2, 0.25) is 0 Å². The minimum atomic E-state index is -4.99. The van der Waals surface area contributed by atoms with Crippen LogP contribution in [0.15, 0.2) is 24.3 Å². The Hall–Kier alpha value is -2.79. The first-order chi connectivity index (χ1) is 13.6. The van der Waals surface area contributed by atoms with E-state index in [1.807, 2.05) is 0 Å². The lowest BCUT2D eigenvalue weighted by Gasteiger charge is -2.27. The molecule has 4 amide bonds. The maximum Gasteiger partial charge on any atom is 0.471 e. The van der Waals surface area contributed by atoms with Crippen LogP contribution in [0.5, 0.6) is 0 Å². The van der Waals surface area contributed by atoms with Gasteiger partial charge in [-0.3, -0.25) is 14.9 Å². The summed E-state index contributed by atoms with van der Waals surface area (Å²) in [5.74, 6) is -2.77. The second kappa shape index (κ2) is 7.91. The van der Waals surface area contributed by atoms with Crippen LogP contribution in [0.1, 0.15) is 20.8 Å². The normalized spacial score (nSPS) is 13.6. The van der Waals surface area contributed by atoms with E-state index in [0.717, 1.165) is 11.3 Å². The number of hydrogen-bond acceptors (Lipinski definition) is 4. The Bertz CT molecular complexity index is 976. The van der Waals surface area contributed by atoms with Crippen molar-refractivity contribution in [1.82, 2.24) is 4.90 Å². The number of primary amides is 1. The molecule has 29 heavy (non-hydrogen) atoms. The number of anilines is 2. The van der Waals surface area contributed by atoms with Gasteiger partial charge in [-0.2, -0.15) is 13.2 Å². The molecule has 2 aromatic rings. The van der Waals surface area contributed by atoms with Gasteiger partial charge in [0, 0.05) is 22.1 Å². The number of nitrogens with one attached hydrogen (secondary N) is 2. The third kappa shape index (κ3) is 4.62. The van der Waals surface area contributed by atoms with Gasteiger partial charge in [0.1, 0.15) is 5.00 Å². The number of carbonyl (C=O) groups is 3. The number of fused-ring (bicyclic) bond motifs is 1. The van der Waals surface area contributed by atoms with Gasteiger partial charge >= 0.3 is 18.1 Å². The molecule has 0 radical (unpaired) electrons. The molecule has 1 aromatic heterocycles. The molecule has 0 saturated heterocycles. The van der Waals surface area contributed by atoms with Crippen molar-refractivity contribution in [3.63, 3.8) is 0 Å². The van der Waals surface area contributed by atoms with Crippen molar-refractivity contribution in [2.75, 3.05) is 17.2 Å². The number of rotatable bonds is 3. The molecule has 0 saturated carbocycles. The molecule has 0 unspecified atom stereocenters.